The Hall–Kier alpha value is -1.45. The Balaban J connectivity index is 2.59. The number of hydrogen-bond acceptors (Lipinski definition) is 2. The zero-order valence-electron chi connectivity index (χ0n) is 7.95. The highest BCUT2D eigenvalue weighted by molar-refractivity contribution is 5.80. The lowest BCUT2D eigenvalue weighted by Gasteiger charge is -2.00. The first-order valence-electron chi connectivity index (χ1n) is 4.14. The van der Waals surface area contributed by atoms with Crippen LogP contribution in [0.15, 0.2) is 11.1 Å². The van der Waals surface area contributed by atoms with E-state index in [0.29, 0.717) is 13.0 Å². The summed E-state index contributed by atoms with van der Waals surface area (Å²) in [4.78, 5) is 14.1. The van der Waals surface area contributed by atoms with Crippen molar-refractivity contribution in [2.45, 2.75) is 26.8 Å². The van der Waals surface area contributed by atoms with Gasteiger partial charge in [-0.15, -0.1) is 0 Å². The molecule has 13 heavy (non-hydrogen) atoms. The van der Waals surface area contributed by atoms with Crippen LogP contribution in [0.2, 0.25) is 0 Å². The summed E-state index contributed by atoms with van der Waals surface area (Å²) in [5.74, 6) is -0.187. The maximum atomic E-state index is 10.8. The molecule has 0 bridgehead atoms. The van der Waals surface area contributed by atoms with Gasteiger partial charge in [0.15, 0.2) is 0 Å². The summed E-state index contributed by atoms with van der Waals surface area (Å²) in [6.07, 6.45) is 0.367. The maximum absolute atomic E-state index is 10.8. The van der Waals surface area contributed by atoms with Crippen molar-refractivity contribution in [2.75, 3.05) is 0 Å². The fourth-order valence-corrected chi connectivity index (χ4v) is 1.18. The van der Waals surface area contributed by atoms with Crippen LogP contribution in [0.3, 0.4) is 0 Å². The number of nitrogens with zero attached hydrogens (tertiary/aromatic N) is 3. The third-order valence-corrected chi connectivity index (χ3v) is 1.82. The van der Waals surface area contributed by atoms with E-state index in [-0.39, 0.29) is 5.91 Å². The SMILES string of the molecule is C=NC(=O)CCn1nc(C)cc1C. The summed E-state index contributed by atoms with van der Waals surface area (Å²) in [6, 6.07) is 1.98. The molecule has 0 saturated heterocycles. The van der Waals surface area contributed by atoms with Crippen molar-refractivity contribution in [3.05, 3.63) is 17.5 Å². The number of carbonyl (C=O) groups excluding carboxylic acids is 1. The van der Waals surface area contributed by atoms with Gasteiger partial charge in [0.25, 0.3) is 0 Å². The van der Waals surface area contributed by atoms with Crippen LogP contribution < -0.4 is 0 Å². The molecule has 1 rings (SSSR count). The van der Waals surface area contributed by atoms with Gasteiger partial charge in [0.2, 0.25) is 5.91 Å². The van der Waals surface area contributed by atoms with E-state index in [4.69, 9.17) is 0 Å². The first-order chi connectivity index (χ1) is 6.13. The lowest BCUT2D eigenvalue weighted by Crippen LogP contribution is -2.06. The molecule has 0 saturated carbocycles. The molecular formula is C9H13N3O. The minimum absolute atomic E-state index is 0.187. The molecule has 4 heteroatoms. The number of hydrogen-bond donors (Lipinski definition) is 0. The van der Waals surface area contributed by atoms with E-state index >= 15 is 0 Å². The smallest absolute Gasteiger partial charge is 0.246 e. The first kappa shape index (κ1) is 9.64. The molecule has 1 amide bonds. The largest absolute Gasteiger partial charge is 0.273 e. The number of amides is 1. The van der Waals surface area contributed by atoms with Crippen LogP contribution in [0.4, 0.5) is 0 Å². The van der Waals surface area contributed by atoms with Gasteiger partial charge in [-0.2, -0.15) is 5.10 Å². The minimum atomic E-state index is -0.187. The molecule has 0 unspecified atom stereocenters. The lowest BCUT2D eigenvalue weighted by molar-refractivity contribution is -0.117. The Morgan fingerprint density at radius 3 is 2.85 bits per heavy atom. The van der Waals surface area contributed by atoms with E-state index in [2.05, 4.69) is 16.8 Å². The van der Waals surface area contributed by atoms with Gasteiger partial charge < -0.3 is 0 Å². The summed E-state index contributed by atoms with van der Waals surface area (Å²) in [7, 11) is 0. The van der Waals surface area contributed by atoms with Crippen molar-refractivity contribution >= 4 is 12.6 Å². The predicted molar refractivity (Wildman–Crippen MR) is 50.9 cm³/mol. The Kier molecular flexibility index (Phi) is 2.95. The second-order valence-electron chi connectivity index (χ2n) is 2.95. The molecule has 1 aromatic rings. The molecule has 0 aliphatic heterocycles. The quantitative estimate of drug-likeness (QED) is 0.653. The number of aromatic nitrogens is 2. The monoisotopic (exact) mass is 179 g/mol. The number of carbonyl (C=O) groups is 1. The van der Waals surface area contributed by atoms with Crippen molar-refractivity contribution in [1.82, 2.24) is 9.78 Å². The average molecular weight is 179 g/mol. The number of aliphatic imine (C=N–C) groups is 1. The molecule has 0 aliphatic rings. The molecule has 0 N–H and O–H groups in total. The van der Waals surface area contributed by atoms with Crippen molar-refractivity contribution in [2.24, 2.45) is 4.99 Å². The van der Waals surface area contributed by atoms with Crippen molar-refractivity contribution < 1.29 is 4.79 Å². The normalized spacial score (nSPS) is 10.0. The molecule has 70 valence electrons. The molecule has 4 nitrogen and oxygen atoms in total. The Morgan fingerprint density at radius 2 is 2.38 bits per heavy atom. The molecule has 0 aliphatic carbocycles. The van der Waals surface area contributed by atoms with Crippen LogP contribution in [-0.4, -0.2) is 22.4 Å². The van der Waals surface area contributed by atoms with E-state index < -0.39 is 0 Å². The second-order valence-corrected chi connectivity index (χ2v) is 2.95. The van der Waals surface area contributed by atoms with Gasteiger partial charge in [0.05, 0.1) is 12.2 Å². The van der Waals surface area contributed by atoms with Gasteiger partial charge in [0.1, 0.15) is 0 Å². The summed E-state index contributed by atoms with van der Waals surface area (Å²) < 4.78 is 1.80. The number of aryl methyl sites for hydroxylation is 3. The van der Waals surface area contributed by atoms with E-state index in [0.717, 1.165) is 11.4 Å². The summed E-state index contributed by atoms with van der Waals surface area (Å²) in [6.45, 7) is 7.64. The molecule has 0 atom stereocenters. The lowest BCUT2D eigenvalue weighted by atomic mass is 10.4. The van der Waals surface area contributed by atoms with Crippen molar-refractivity contribution in [3.63, 3.8) is 0 Å². The van der Waals surface area contributed by atoms with E-state index in [1.54, 1.807) is 4.68 Å². The van der Waals surface area contributed by atoms with Gasteiger partial charge in [-0.25, -0.2) is 4.99 Å². The molecule has 0 radical (unpaired) electrons. The Bertz CT molecular complexity index is 328. The fourth-order valence-electron chi connectivity index (χ4n) is 1.18. The average Bonchev–Trinajstić information content (AvgIpc) is 2.41. The Labute approximate surface area is 77.3 Å². The highest BCUT2D eigenvalue weighted by atomic mass is 16.1. The molecule has 0 aromatic carbocycles. The molecule has 0 spiro atoms. The summed E-state index contributed by atoms with van der Waals surface area (Å²) >= 11 is 0. The third kappa shape index (κ3) is 2.50. The van der Waals surface area contributed by atoms with Gasteiger partial charge in [-0.05, 0) is 26.6 Å². The highest BCUT2D eigenvalue weighted by Crippen LogP contribution is 2.02. The van der Waals surface area contributed by atoms with Crippen molar-refractivity contribution in [3.8, 4) is 0 Å². The molecule has 1 heterocycles. The van der Waals surface area contributed by atoms with Gasteiger partial charge >= 0.3 is 0 Å². The van der Waals surface area contributed by atoms with Crippen LogP contribution >= 0.6 is 0 Å². The second kappa shape index (κ2) is 3.98. The first-order valence-corrected chi connectivity index (χ1v) is 4.14. The molecular weight excluding hydrogens is 166 g/mol. The van der Waals surface area contributed by atoms with E-state index in [9.17, 15) is 4.79 Å². The van der Waals surface area contributed by atoms with Crippen LogP contribution in [0.1, 0.15) is 17.8 Å². The van der Waals surface area contributed by atoms with Gasteiger partial charge in [-0.3, -0.25) is 9.48 Å². The summed E-state index contributed by atoms with van der Waals surface area (Å²) in [5.41, 5.74) is 2.03. The van der Waals surface area contributed by atoms with E-state index in [1.165, 1.54) is 0 Å². The molecule has 1 aromatic heterocycles. The zero-order valence-corrected chi connectivity index (χ0v) is 7.95. The van der Waals surface area contributed by atoms with Gasteiger partial charge in [0, 0.05) is 12.1 Å². The predicted octanol–water partition coefficient (Wildman–Crippen LogP) is 1.12. The highest BCUT2D eigenvalue weighted by Gasteiger charge is 2.02. The maximum Gasteiger partial charge on any atom is 0.246 e. The summed E-state index contributed by atoms with van der Waals surface area (Å²) in [5, 5.41) is 4.22. The van der Waals surface area contributed by atoms with Crippen LogP contribution in [0.25, 0.3) is 0 Å². The zero-order chi connectivity index (χ0) is 9.84. The molecule has 0 fully saturated rings. The fraction of sp³-hybridized carbons (Fsp3) is 0.444. The van der Waals surface area contributed by atoms with Crippen molar-refractivity contribution in [1.29, 1.82) is 0 Å². The topological polar surface area (TPSA) is 47.2 Å². The van der Waals surface area contributed by atoms with Crippen LogP contribution in [0.5, 0.6) is 0 Å². The van der Waals surface area contributed by atoms with Crippen LogP contribution in [-0.2, 0) is 11.3 Å². The van der Waals surface area contributed by atoms with Crippen LogP contribution in [0, 0.1) is 13.8 Å². The van der Waals surface area contributed by atoms with E-state index in [1.807, 2.05) is 19.9 Å². The number of rotatable bonds is 3. The standard InChI is InChI=1S/C9H13N3O/c1-7-6-8(2)12(11-7)5-4-9(13)10-3/h6H,3-5H2,1-2H3. The third-order valence-electron chi connectivity index (χ3n) is 1.82. The Morgan fingerprint density at radius 1 is 1.69 bits per heavy atom. The van der Waals surface area contributed by atoms with Gasteiger partial charge in [-0.1, -0.05) is 0 Å². The minimum Gasteiger partial charge on any atom is -0.273 e.